The first-order valence-electron chi connectivity index (χ1n) is 9.00. The number of carbonyl (C=O) groups excluding carboxylic acids is 1. The van der Waals surface area contributed by atoms with Crippen molar-refractivity contribution in [1.82, 2.24) is 9.88 Å². The third-order valence-electron chi connectivity index (χ3n) is 4.79. The molecule has 0 spiro atoms. The maximum Gasteiger partial charge on any atom is 0.230 e. The Bertz CT molecular complexity index is 1020. The Labute approximate surface area is 166 Å². The molecule has 0 aliphatic carbocycles. The van der Waals surface area contributed by atoms with Gasteiger partial charge in [0.1, 0.15) is 11.6 Å². The summed E-state index contributed by atoms with van der Waals surface area (Å²) in [5, 5.41) is 2.26. The van der Waals surface area contributed by atoms with E-state index in [1.807, 2.05) is 11.4 Å². The van der Waals surface area contributed by atoms with Gasteiger partial charge in [0.05, 0.1) is 11.4 Å². The lowest BCUT2D eigenvalue weighted by Gasteiger charge is -2.28. The Morgan fingerprint density at radius 3 is 2.75 bits per heavy atom. The minimum atomic E-state index is -0.792. The Morgan fingerprint density at radius 2 is 2.00 bits per heavy atom. The molecule has 4 nitrogen and oxygen atoms in total. The van der Waals surface area contributed by atoms with Crippen LogP contribution in [0.15, 0.2) is 47.8 Å². The molecular weight excluding hydrogens is 380 g/mol. The van der Waals surface area contributed by atoms with Gasteiger partial charge in [-0.2, -0.15) is 0 Å². The lowest BCUT2D eigenvalue weighted by Crippen LogP contribution is -2.30. The third kappa shape index (κ3) is 3.81. The summed E-state index contributed by atoms with van der Waals surface area (Å²) in [5.74, 6) is -1.85. The van der Waals surface area contributed by atoms with Crippen molar-refractivity contribution in [3.63, 3.8) is 0 Å². The highest BCUT2D eigenvalue weighted by Gasteiger charge is 2.23. The van der Waals surface area contributed by atoms with E-state index in [0.717, 1.165) is 37.3 Å². The van der Waals surface area contributed by atoms with E-state index in [-0.39, 0.29) is 11.6 Å². The quantitative estimate of drug-likeness (QED) is 0.640. The van der Waals surface area contributed by atoms with Gasteiger partial charge in [0.15, 0.2) is 5.13 Å². The van der Waals surface area contributed by atoms with Crippen molar-refractivity contribution in [2.45, 2.75) is 26.4 Å². The minimum absolute atomic E-state index is 0.00157. The van der Waals surface area contributed by atoms with Gasteiger partial charge in [-0.05, 0) is 29.7 Å². The molecule has 2 heterocycles. The van der Waals surface area contributed by atoms with Crippen LogP contribution in [0, 0.1) is 11.6 Å². The number of hydrogen-bond acceptors (Lipinski definition) is 4. The predicted molar refractivity (Wildman–Crippen MR) is 106 cm³/mol. The fourth-order valence-electron chi connectivity index (χ4n) is 3.46. The van der Waals surface area contributed by atoms with Gasteiger partial charge >= 0.3 is 0 Å². The van der Waals surface area contributed by atoms with Crippen LogP contribution in [0.4, 0.5) is 19.6 Å². The van der Waals surface area contributed by atoms with Crippen molar-refractivity contribution in [3.05, 3.63) is 76.3 Å². The second-order valence-electron chi connectivity index (χ2n) is 6.80. The Hall–Kier alpha value is -2.64. The van der Waals surface area contributed by atoms with Crippen LogP contribution in [0.3, 0.4) is 0 Å². The molecule has 144 valence electrons. The van der Waals surface area contributed by atoms with Crippen molar-refractivity contribution in [1.29, 1.82) is 0 Å². The summed E-state index contributed by atoms with van der Waals surface area (Å²) in [7, 11) is 0. The first-order chi connectivity index (χ1) is 13.5. The number of hydrogen-bond donors (Lipinski definition) is 0. The molecule has 0 atom stereocenters. The Kier molecular flexibility index (Phi) is 5.19. The SMILES string of the molecule is CC(=O)N(c1nc(CN2CCc3ccccc3C2)cs1)c1ccc(F)cc1F. The molecule has 28 heavy (non-hydrogen) atoms. The lowest BCUT2D eigenvalue weighted by molar-refractivity contribution is -0.115. The number of halogens is 2. The van der Waals surface area contributed by atoms with E-state index in [9.17, 15) is 13.6 Å². The number of anilines is 2. The highest BCUT2D eigenvalue weighted by molar-refractivity contribution is 7.14. The Morgan fingerprint density at radius 1 is 1.21 bits per heavy atom. The van der Waals surface area contributed by atoms with Gasteiger partial charge in [-0.3, -0.25) is 14.6 Å². The molecule has 1 aliphatic rings. The fourth-order valence-corrected chi connectivity index (χ4v) is 4.33. The zero-order valence-corrected chi connectivity index (χ0v) is 16.2. The van der Waals surface area contributed by atoms with E-state index >= 15 is 0 Å². The molecule has 3 aromatic rings. The first kappa shape index (κ1) is 18.7. The average molecular weight is 399 g/mol. The second-order valence-corrected chi connectivity index (χ2v) is 7.64. The van der Waals surface area contributed by atoms with Gasteiger partial charge in [0, 0.05) is 38.0 Å². The number of benzene rings is 2. The zero-order chi connectivity index (χ0) is 19.7. The summed E-state index contributed by atoms with van der Waals surface area (Å²) in [5.41, 5.74) is 3.53. The van der Waals surface area contributed by atoms with Crippen LogP contribution in [0.25, 0.3) is 0 Å². The van der Waals surface area contributed by atoms with Crippen LogP contribution in [0.5, 0.6) is 0 Å². The topological polar surface area (TPSA) is 36.4 Å². The van der Waals surface area contributed by atoms with Gasteiger partial charge in [-0.1, -0.05) is 24.3 Å². The smallest absolute Gasteiger partial charge is 0.230 e. The number of carbonyl (C=O) groups is 1. The fraction of sp³-hybridized carbons (Fsp3) is 0.238. The van der Waals surface area contributed by atoms with Crippen molar-refractivity contribution >= 4 is 28.1 Å². The molecule has 0 saturated heterocycles. The highest BCUT2D eigenvalue weighted by atomic mass is 32.1. The van der Waals surface area contributed by atoms with Crippen molar-refractivity contribution in [2.24, 2.45) is 0 Å². The van der Waals surface area contributed by atoms with E-state index in [1.165, 1.54) is 40.4 Å². The maximum atomic E-state index is 14.2. The van der Waals surface area contributed by atoms with Crippen LogP contribution in [-0.2, 0) is 24.3 Å². The molecule has 0 N–H and O–H groups in total. The van der Waals surface area contributed by atoms with Crippen LogP contribution in [0.1, 0.15) is 23.7 Å². The van der Waals surface area contributed by atoms with E-state index < -0.39 is 11.6 Å². The normalized spacial score (nSPS) is 14.0. The molecule has 0 fully saturated rings. The van der Waals surface area contributed by atoms with Crippen molar-refractivity contribution < 1.29 is 13.6 Å². The summed E-state index contributed by atoms with van der Waals surface area (Å²) >= 11 is 1.27. The second kappa shape index (κ2) is 7.77. The summed E-state index contributed by atoms with van der Waals surface area (Å²) < 4.78 is 27.4. The maximum absolute atomic E-state index is 14.2. The molecule has 0 bridgehead atoms. The zero-order valence-electron chi connectivity index (χ0n) is 15.4. The van der Waals surface area contributed by atoms with Gasteiger partial charge < -0.3 is 0 Å². The number of fused-ring (bicyclic) bond motifs is 1. The molecule has 7 heteroatoms. The first-order valence-corrected chi connectivity index (χ1v) is 9.88. The van der Waals surface area contributed by atoms with Gasteiger partial charge in [-0.25, -0.2) is 13.8 Å². The van der Waals surface area contributed by atoms with Crippen LogP contribution < -0.4 is 4.90 Å². The van der Waals surface area contributed by atoms with E-state index in [2.05, 4.69) is 28.1 Å². The standard InChI is InChI=1S/C21H19F2N3OS/c1-14(27)26(20-7-6-17(22)10-19(20)23)21-24-18(13-28-21)12-25-9-8-15-4-2-3-5-16(15)11-25/h2-7,10,13H,8-9,11-12H2,1H3. The highest BCUT2D eigenvalue weighted by Crippen LogP contribution is 2.32. The van der Waals surface area contributed by atoms with Crippen molar-refractivity contribution in [2.75, 3.05) is 11.4 Å². The molecule has 2 aromatic carbocycles. The summed E-state index contributed by atoms with van der Waals surface area (Å²) in [4.78, 5) is 20.2. The number of rotatable bonds is 4. The number of thiazole rings is 1. The van der Waals surface area contributed by atoms with Gasteiger partial charge in [0.25, 0.3) is 0 Å². The van der Waals surface area contributed by atoms with E-state index in [1.54, 1.807) is 0 Å². The number of nitrogens with zero attached hydrogens (tertiary/aromatic N) is 3. The molecule has 1 amide bonds. The summed E-state index contributed by atoms with van der Waals surface area (Å²) in [6.45, 7) is 3.78. The Balaban J connectivity index is 1.54. The summed E-state index contributed by atoms with van der Waals surface area (Å²) in [6, 6.07) is 11.6. The molecule has 1 aromatic heterocycles. The lowest BCUT2D eigenvalue weighted by atomic mass is 10.00. The van der Waals surface area contributed by atoms with Crippen LogP contribution in [-0.4, -0.2) is 22.3 Å². The largest absolute Gasteiger partial charge is 0.293 e. The molecule has 0 radical (unpaired) electrons. The van der Waals surface area contributed by atoms with Gasteiger partial charge in [0.2, 0.25) is 5.91 Å². The number of amides is 1. The predicted octanol–water partition coefficient (Wildman–Crippen LogP) is 4.66. The average Bonchev–Trinajstić information content (AvgIpc) is 3.11. The third-order valence-corrected chi connectivity index (χ3v) is 5.67. The molecular formula is C21H19F2N3OS. The van der Waals surface area contributed by atoms with E-state index in [0.29, 0.717) is 11.7 Å². The molecule has 4 rings (SSSR count). The van der Waals surface area contributed by atoms with Crippen molar-refractivity contribution in [3.8, 4) is 0 Å². The van der Waals surface area contributed by atoms with Gasteiger partial charge in [-0.15, -0.1) is 11.3 Å². The number of aromatic nitrogens is 1. The monoisotopic (exact) mass is 399 g/mol. The molecule has 1 aliphatic heterocycles. The molecule has 0 unspecified atom stereocenters. The van der Waals surface area contributed by atoms with E-state index in [4.69, 9.17) is 0 Å². The molecule has 0 saturated carbocycles. The summed E-state index contributed by atoms with van der Waals surface area (Å²) in [6.07, 6.45) is 0.994. The van der Waals surface area contributed by atoms with Crippen LogP contribution in [0.2, 0.25) is 0 Å². The van der Waals surface area contributed by atoms with Crippen LogP contribution >= 0.6 is 11.3 Å². The minimum Gasteiger partial charge on any atom is -0.293 e.